The number of fused-ring (bicyclic) bond motifs is 1. The van der Waals surface area contributed by atoms with Crippen molar-refractivity contribution in [3.63, 3.8) is 0 Å². The van der Waals surface area contributed by atoms with Crippen molar-refractivity contribution >= 4 is 63.7 Å². The van der Waals surface area contributed by atoms with Crippen molar-refractivity contribution in [2.24, 2.45) is 5.16 Å². The van der Waals surface area contributed by atoms with Gasteiger partial charge in [-0.25, -0.2) is 0 Å². The molecule has 1 heterocycles. The average molecular weight is 322 g/mol. The van der Waals surface area contributed by atoms with E-state index >= 15 is 0 Å². The van der Waals surface area contributed by atoms with E-state index in [1.165, 1.54) is 6.07 Å². The van der Waals surface area contributed by atoms with Gasteiger partial charge in [-0.05, 0) is 6.07 Å². The van der Waals surface area contributed by atoms with Crippen LogP contribution in [0.5, 0.6) is 0 Å². The largest absolute Gasteiger partial charge is 0.410 e. The normalized spacial score (nSPS) is 17.2. The van der Waals surface area contributed by atoms with Crippen LogP contribution >= 0.6 is 34.8 Å². The molecule has 0 saturated heterocycles. The minimum atomic E-state index is -1.29. The number of nitrogens with zero attached hydrogens (tertiary/aromatic N) is 1. The first-order chi connectivity index (χ1) is 8.88. The fourth-order valence-corrected chi connectivity index (χ4v) is 2.21. The molecular weight excluding hydrogens is 318 g/mol. The Morgan fingerprint density at radius 2 is 1.68 bits per heavy atom. The van der Waals surface area contributed by atoms with Crippen LogP contribution in [-0.4, -0.2) is 28.4 Å². The first-order valence-corrected chi connectivity index (χ1v) is 5.81. The Hall–Kier alpha value is -1.63. The Balaban J connectivity index is 2.81. The van der Waals surface area contributed by atoms with Crippen LogP contribution in [0.3, 0.4) is 0 Å². The summed E-state index contributed by atoms with van der Waals surface area (Å²) in [7, 11) is 0. The van der Waals surface area contributed by atoms with E-state index in [0.29, 0.717) is 0 Å². The number of benzene rings is 1. The number of carbonyl (C=O) groups excluding carboxylic acids is 3. The summed E-state index contributed by atoms with van der Waals surface area (Å²) in [6, 6.07) is 1.18. The maximum Gasteiger partial charge on any atom is 0.298 e. The molecule has 1 aliphatic rings. The first kappa shape index (κ1) is 13.8. The smallest absolute Gasteiger partial charge is 0.298 e. The molecular formula is C10H3Cl3N2O4. The molecule has 1 aromatic carbocycles. The molecule has 1 aliphatic heterocycles. The molecule has 0 fully saturated rings. The SMILES string of the molecule is O=C1Nc2cc(Cl)c(Cl)c(Cl)c2C(=O)/C(=N/O)C1=O. The van der Waals surface area contributed by atoms with E-state index < -0.39 is 23.2 Å². The van der Waals surface area contributed by atoms with Gasteiger partial charge in [0.25, 0.3) is 11.7 Å². The molecule has 0 unspecified atom stereocenters. The zero-order valence-electron chi connectivity index (χ0n) is 8.83. The highest BCUT2D eigenvalue weighted by molar-refractivity contribution is 6.83. The van der Waals surface area contributed by atoms with Crippen molar-refractivity contribution < 1.29 is 19.6 Å². The van der Waals surface area contributed by atoms with Crippen molar-refractivity contribution in [3.05, 3.63) is 26.7 Å². The number of oxime groups is 1. The maximum absolute atomic E-state index is 12.0. The second-order valence-electron chi connectivity index (χ2n) is 3.47. The highest BCUT2D eigenvalue weighted by atomic mass is 35.5. The van der Waals surface area contributed by atoms with Crippen molar-refractivity contribution in [2.75, 3.05) is 5.32 Å². The molecule has 19 heavy (non-hydrogen) atoms. The van der Waals surface area contributed by atoms with Gasteiger partial charge in [0.15, 0.2) is 0 Å². The summed E-state index contributed by atoms with van der Waals surface area (Å²) in [5.41, 5.74) is -1.29. The van der Waals surface area contributed by atoms with Gasteiger partial charge in [-0.2, -0.15) is 0 Å². The van der Waals surface area contributed by atoms with E-state index in [9.17, 15) is 14.4 Å². The molecule has 0 atom stereocenters. The number of amides is 1. The molecule has 1 amide bonds. The fraction of sp³-hybridized carbons (Fsp3) is 0. The summed E-state index contributed by atoms with van der Waals surface area (Å²) in [4.78, 5) is 35.0. The second kappa shape index (κ2) is 4.80. The van der Waals surface area contributed by atoms with Crippen LogP contribution in [0.15, 0.2) is 11.2 Å². The number of nitrogens with one attached hydrogen (secondary N) is 1. The van der Waals surface area contributed by atoms with Gasteiger partial charge in [-0.3, -0.25) is 14.4 Å². The lowest BCUT2D eigenvalue weighted by molar-refractivity contribution is -0.130. The molecule has 0 spiro atoms. The Morgan fingerprint density at radius 1 is 1.05 bits per heavy atom. The van der Waals surface area contributed by atoms with Crippen molar-refractivity contribution in [1.82, 2.24) is 0 Å². The zero-order valence-corrected chi connectivity index (χ0v) is 11.1. The fourth-order valence-electron chi connectivity index (χ4n) is 1.51. The van der Waals surface area contributed by atoms with Crippen LogP contribution in [-0.2, 0) is 9.59 Å². The monoisotopic (exact) mass is 320 g/mol. The van der Waals surface area contributed by atoms with Crippen LogP contribution < -0.4 is 5.32 Å². The predicted octanol–water partition coefficient (Wildman–Crippen LogP) is 2.18. The van der Waals surface area contributed by atoms with Crippen molar-refractivity contribution in [3.8, 4) is 0 Å². The number of Topliss-reactive ketones (excluding diaryl/α,β-unsaturated/α-hetero) is 2. The lowest BCUT2D eigenvalue weighted by Crippen LogP contribution is -2.31. The molecule has 2 rings (SSSR count). The highest BCUT2D eigenvalue weighted by Crippen LogP contribution is 2.38. The lowest BCUT2D eigenvalue weighted by Gasteiger charge is -2.09. The number of rotatable bonds is 0. The summed E-state index contributed by atoms with van der Waals surface area (Å²) in [6.45, 7) is 0. The van der Waals surface area contributed by atoms with Crippen molar-refractivity contribution in [1.29, 1.82) is 0 Å². The third kappa shape index (κ3) is 2.07. The van der Waals surface area contributed by atoms with E-state index in [0.717, 1.165) is 0 Å². The van der Waals surface area contributed by atoms with Gasteiger partial charge in [0.2, 0.25) is 11.5 Å². The number of hydrogen-bond donors (Lipinski definition) is 2. The second-order valence-corrected chi connectivity index (χ2v) is 4.63. The molecule has 6 nitrogen and oxygen atoms in total. The van der Waals surface area contributed by atoms with Gasteiger partial charge in [-0.15, -0.1) is 0 Å². The number of hydrogen-bond acceptors (Lipinski definition) is 5. The summed E-state index contributed by atoms with van der Waals surface area (Å²) < 4.78 is 0. The Labute approximate surface area is 120 Å². The first-order valence-electron chi connectivity index (χ1n) is 4.68. The molecule has 1 aromatic rings. The van der Waals surface area contributed by atoms with Gasteiger partial charge in [0.1, 0.15) is 0 Å². The van der Waals surface area contributed by atoms with Crippen molar-refractivity contribution in [2.45, 2.75) is 0 Å². The van der Waals surface area contributed by atoms with Gasteiger partial charge in [-0.1, -0.05) is 40.0 Å². The number of carbonyl (C=O) groups is 3. The molecule has 9 heteroatoms. The summed E-state index contributed by atoms with van der Waals surface area (Å²) >= 11 is 17.4. The van der Waals surface area contributed by atoms with Crippen LogP contribution in [0.25, 0.3) is 0 Å². The summed E-state index contributed by atoms with van der Waals surface area (Å²) in [5, 5.41) is 13.0. The van der Waals surface area contributed by atoms with E-state index in [4.69, 9.17) is 40.0 Å². The minimum Gasteiger partial charge on any atom is -0.410 e. The standard InChI is InChI=1S/C10H3Cl3N2O4/c11-2-1-3-4(6(13)5(2)12)8(16)7(15-19)9(17)10(18)14-3/h1,19H,(H,14,18)/b15-7-. The van der Waals surface area contributed by atoms with E-state index in [-0.39, 0.29) is 26.3 Å². The molecule has 2 N–H and O–H groups in total. The Bertz CT molecular complexity index is 669. The molecule has 98 valence electrons. The zero-order chi connectivity index (χ0) is 14.3. The van der Waals surface area contributed by atoms with Gasteiger partial charge < -0.3 is 10.5 Å². The van der Waals surface area contributed by atoms with Crippen LogP contribution in [0, 0.1) is 0 Å². The third-order valence-corrected chi connectivity index (χ3v) is 3.64. The van der Waals surface area contributed by atoms with E-state index in [1.807, 2.05) is 0 Å². The third-order valence-electron chi connectivity index (χ3n) is 2.37. The number of ketones is 2. The number of anilines is 1. The number of halogens is 3. The molecule has 0 bridgehead atoms. The Morgan fingerprint density at radius 3 is 2.26 bits per heavy atom. The van der Waals surface area contributed by atoms with Crippen LogP contribution in [0.1, 0.15) is 10.4 Å². The average Bonchev–Trinajstić information content (AvgIpc) is 2.44. The van der Waals surface area contributed by atoms with Gasteiger partial charge in [0.05, 0.1) is 26.3 Å². The van der Waals surface area contributed by atoms with Crippen LogP contribution in [0.4, 0.5) is 5.69 Å². The van der Waals surface area contributed by atoms with E-state index in [2.05, 4.69) is 10.5 Å². The quantitative estimate of drug-likeness (QED) is 0.331. The summed E-state index contributed by atoms with van der Waals surface area (Å²) in [5.74, 6) is -3.45. The van der Waals surface area contributed by atoms with E-state index in [1.54, 1.807) is 0 Å². The topological polar surface area (TPSA) is 95.8 Å². The lowest BCUT2D eigenvalue weighted by atomic mass is 10.0. The van der Waals surface area contributed by atoms with Crippen LogP contribution in [0.2, 0.25) is 15.1 Å². The molecule has 0 aromatic heterocycles. The molecule has 0 aliphatic carbocycles. The summed E-state index contributed by atoms with van der Waals surface area (Å²) in [6.07, 6.45) is 0. The predicted molar refractivity (Wildman–Crippen MR) is 68.7 cm³/mol. The molecule has 0 radical (unpaired) electrons. The maximum atomic E-state index is 12.0. The molecule has 0 saturated carbocycles. The van der Waals surface area contributed by atoms with Gasteiger partial charge >= 0.3 is 0 Å². The van der Waals surface area contributed by atoms with Gasteiger partial charge in [0, 0.05) is 0 Å². The Kier molecular flexibility index (Phi) is 3.49. The minimum absolute atomic E-state index is 0.00430. The highest BCUT2D eigenvalue weighted by Gasteiger charge is 2.36.